The Hall–Kier alpha value is -1.30. The van der Waals surface area contributed by atoms with Crippen molar-refractivity contribution in [1.82, 2.24) is 9.78 Å². The van der Waals surface area contributed by atoms with Crippen molar-refractivity contribution >= 4 is 0 Å². The molecule has 70 valence electrons. The lowest BCUT2D eigenvalue weighted by atomic mass is 10.1. The Kier molecular flexibility index (Phi) is 3.07. The molecule has 0 aromatic carbocycles. The second-order valence-electron chi connectivity index (χ2n) is 3.12. The molecule has 0 radical (unpaired) electrons. The molecular weight excluding hydrogens is 162 g/mol. The van der Waals surface area contributed by atoms with E-state index in [9.17, 15) is 0 Å². The zero-order valence-electron chi connectivity index (χ0n) is 8.46. The fourth-order valence-corrected chi connectivity index (χ4v) is 1.58. The molecule has 0 aliphatic heterocycles. The van der Waals surface area contributed by atoms with Gasteiger partial charge in [-0.2, -0.15) is 10.4 Å². The van der Waals surface area contributed by atoms with Crippen LogP contribution in [-0.2, 0) is 13.0 Å². The van der Waals surface area contributed by atoms with Gasteiger partial charge in [0.15, 0.2) is 0 Å². The van der Waals surface area contributed by atoms with Crippen molar-refractivity contribution in [2.24, 2.45) is 0 Å². The van der Waals surface area contributed by atoms with Crippen LogP contribution in [-0.4, -0.2) is 9.78 Å². The van der Waals surface area contributed by atoms with Gasteiger partial charge in [-0.15, -0.1) is 0 Å². The molecule has 13 heavy (non-hydrogen) atoms. The van der Waals surface area contributed by atoms with Gasteiger partial charge in [-0.3, -0.25) is 4.68 Å². The summed E-state index contributed by atoms with van der Waals surface area (Å²) >= 11 is 0. The van der Waals surface area contributed by atoms with Gasteiger partial charge in [0.25, 0.3) is 0 Å². The lowest BCUT2D eigenvalue weighted by Gasteiger charge is -1.99. The van der Waals surface area contributed by atoms with Crippen LogP contribution in [0.2, 0.25) is 0 Å². The topological polar surface area (TPSA) is 41.6 Å². The molecule has 3 nitrogen and oxygen atoms in total. The SMILES string of the molecule is CCn1nc(C)c(CCC#N)c1C. The van der Waals surface area contributed by atoms with Crippen LogP contribution in [0, 0.1) is 25.2 Å². The van der Waals surface area contributed by atoms with Crippen LogP contribution in [0.25, 0.3) is 0 Å². The lowest BCUT2D eigenvalue weighted by molar-refractivity contribution is 0.633. The van der Waals surface area contributed by atoms with E-state index in [4.69, 9.17) is 5.26 Å². The highest BCUT2D eigenvalue weighted by atomic mass is 15.3. The molecule has 1 heterocycles. The van der Waals surface area contributed by atoms with Gasteiger partial charge in [0.2, 0.25) is 0 Å². The second kappa shape index (κ2) is 4.08. The number of hydrogen-bond donors (Lipinski definition) is 0. The van der Waals surface area contributed by atoms with E-state index in [1.807, 2.05) is 11.6 Å². The number of hydrogen-bond acceptors (Lipinski definition) is 2. The number of nitrogens with zero attached hydrogens (tertiary/aromatic N) is 3. The molecule has 0 spiro atoms. The van der Waals surface area contributed by atoms with Gasteiger partial charge in [-0.25, -0.2) is 0 Å². The first-order chi connectivity index (χ1) is 6.20. The Bertz CT molecular complexity index is 331. The fraction of sp³-hybridized carbons (Fsp3) is 0.600. The molecule has 0 unspecified atom stereocenters. The Morgan fingerprint density at radius 3 is 2.62 bits per heavy atom. The minimum absolute atomic E-state index is 0.580. The molecule has 0 saturated carbocycles. The minimum Gasteiger partial charge on any atom is -0.270 e. The third kappa shape index (κ3) is 1.89. The molecule has 0 amide bonds. The molecule has 3 heteroatoms. The van der Waals surface area contributed by atoms with Gasteiger partial charge in [-0.05, 0) is 32.8 Å². The second-order valence-corrected chi connectivity index (χ2v) is 3.12. The summed E-state index contributed by atoms with van der Waals surface area (Å²) in [5.74, 6) is 0. The van der Waals surface area contributed by atoms with E-state index < -0.39 is 0 Å². The third-order valence-corrected chi connectivity index (χ3v) is 2.32. The molecule has 0 N–H and O–H groups in total. The quantitative estimate of drug-likeness (QED) is 0.708. The molecular formula is C10H15N3. The number of aromatic nitrogens is 2. The molecule has 0 bridgehead atoms. The highest BCUT2D eigenvalue weighted by molar-refractivity contribution is 5.25. The zero-order chi connectivity index (χ0) is 9.84. The van der Waals surface area contributed by atoms with E-state index in [2.05, 4.69) is 25.0 Å². The molecule has 1 rings (SSSR count). The molecule has 1 aromatic heterocycles. The predicted octanol–water partition coefficient (Wildman–Crippen LogP) is 1.98. The summed E-state index contributed by atoms with van der Waals surface area (Å²) in [5, 5.41) is 12.9. The largest absolute Gasteiger partial charge is 0.270 e. The van der Waals surface area contributed by atoms with Gasteiger partial charge >= 0.3 is 0 Å². The molecule has 0 atom stereocenters. The highest BCUT2D eigenvalue weighted by Gasteiger charge is 2.09. The van der Waals surface area contributed by atoms with Crippen LogP contribution in [0.5, 0.6) is 0 Å². The summed E-state index contributed by atoms with van der Waals surface area (Å²) in [6.45, 7) is 7.05. The van der Waals surface area contributed by atoms with Crippen molar-refractivity contribution in [3.05, 3.63) is 17.0 Å². The van der Waals surface area contributed by atoms with Crippen LogP contribution >= 0.6 is 0 Å². The van der Waals surface area contributed by atoms with Crippen molar-refractivity contribution in [3.8, 4) is 6.07 Å². The number of nitriles is 1. The third-order valence-electron chi connectivity index (χ3n) is 2.32. The van der Waals surface area contributed by atoms with Gasteiger partial charge in [0.05, 0.1) is 11.8 Å². The smallest absolute Gasteiger partial charge is 0.0628 e. The first-order valence-electron chi connectivity index (χ1n) is 4.60. The number of aryl methyl sites for hydroxylation is 2. The standard InChI is InChI=1S/C10H15N3/c1-4-13-9(3)10(6-5-7-11)8(2)12-13/h4-6H2,1-3H3. The van der Waals surface area contributed by atoms with Crippen LogP contribution in [0.1, 0.15) is 30.3 Å². The van der Waals surface area contributed by atoms with Crippen LogP contribution in [0.3, 0.4) is 0 Å². The number of rotatable bonds is 3. The van der Waals surface area contributed by atoms with E-state index in [-0.39, 0.29) is 0 Å². The van der Waals surface area contributed by atoms with Crippen LogP contribution in [0.15, 0.2) is 0 Å². The average Bonchev–Trinajstić information content (AvgIpc) is 2.39. The minimum atomic E-state index is 0.580. The summed E-state index contributed by atoms with van der Waals surface area (Å²) in [4.78, 5) is 0. The highest BCUT2D eigenvalue weighted by Crippen LogP contribution is 2.14. The maximum absolute atomic E-state index is 8.50. The van der Waals surface area contributed by atoms with E-state index in [0.29, 0.717) is 6.42 Å². The fourth-order valence-electron chi connectivity index (χ4n) is 1.58. The van der Waals surface area contributed by atoms with E-state index >= 15 is 0 Å². The summed E-state index contributed by atoms with van der Waals surface area (Å²) in [6.07, 6.45) is 1.41. The Labute approximate surface area is 79.0 Å². The maximum Gasteiger partial charge on any atom is 0.0628 e. The first kappa shape index (κ1) is 9.79. The Morgan fingerprint density at radius 1 is 1.46 bits per heavy atom. The average molecular weight is 177 g/mol. The van der Waals surface area contributed by atoms with Gasteiger partial charge in [-0.1, -0.05) is 0 Å². The Morgan fingerprint density at radius 2 is 2.15 bits per heavy atom. The molecule has 0 aliphatic carbocycles. The van der Waals surface area contributed by atoms with Crippen LogP contribution < -0.4 is 0 Å². The summed E-state index contributed by atoms with van der Waals surface area (Å²) in [7, 11) is 0. The van der Waals surface area contributed by atoms with Gasteiger partial charge in [0, 0.05) is 18.7 Å². The lowest BCUT2D eigenvalue weighted by Crippen LogP contribution is -1.99. The molecule has 1 aromatic rings. The van der Waals surface area contributed by atoms with Crippen LogP contribution in [0.4, 0.5) is 0 Å². The maximum atomic E-state index is 8.50. The van der Waals surface area contributed by atoms with E-state index in [1.54, 1.807) is 0 Å². The summed E-state index contributed by atoms with van der Waals surface area (Å²) in [5.41, 5.74) is 3.51. The first-order valence-corrected chi connectivity index (χ1v) is 4.60. The molecule has 0 saturated heterocycles. The molecule has 0 fully saturated rings. The van der Waals surface area contributed by atoms with Crippen molar-refractivity contribution < 1.29 is 0 Å². The van der Waals surface area contributed by atoms with Crippen molar-refractivity contribution in [2.75, 3.05) is 0 Å². The van der Waals surface area contributed by atoms with Crippen molar-refractivity contribution in [1.29, 1.82) is 5.26 Å². The van der Waals surface area contributed by atoms with E-state index in [1.165, 1.54) is 11.3 Å². The molecule has 0 aliphatic rings. The summed E-state index contributed by atoms with van der Waals surface area (Å²) in [6, 6.07) is 2.16. The van der Waals surface area contributed by atoms with E-state index in [0.717, 1.165) is 18.7 Å². The Balaban J connectivity index is 2.93. The monoisotopic (exact) mass is 177 g/mol. The van der Waals surface area contributed by atoms with Crippen molar-refractivity contribution in [3.63, 3.8) is 0 Å². The summed E-state index contributed by atoms with van der Waals surface area (Å²) < 4.78 is 1.99. The van der Waals surface area contributed by atoms with Crippen molar-refractivity contribution in [2.45, 2.75) is 40.2 Å². The van der Waals surface area contributed by atoms with Gasteiger partial charge < -0.3 is 0 Å². The van der Waals surface area contributed by atoms with Gasteiger partial charge in [0.1, 0.15) is 0 Å². The zero-order valence-corrected chi connectivity index (χ0v) is 8.46. The predicted molar refractivity (Wildman–Crippen MR) is 51.3 cm³/mol. The normalized spacial score (nSPS) is 10.0.